The second-order valence-electron chi connectivity index (χ2n) is 3.32. The van der Waals surface area contributed by atoms with Gasteiger partial charge in [0.25, 0.3) is 0 Å². The third kappa shape index (κ3) is 1.89. The molecule has 0 saturated heterocycles. The number of thioether (sulfide) groups is 1. The lowest BCUT2D eigenvalue weighted by Crippen LogP contribution is -2.05. The van der Waals surface area contributed by atoms with Crippen molar-refractivity contribution in [1.82, 2.24) is 10.2 Å². The normalized spacial score (nSPS) is 15.8. The fraction of sp³-hybridized carbons (Fsp3) is 0.667. The molecule has 0 aliphatic carbocycles. The maximum absolute atomic E-state index is 5.48. The standard InChI is InChI=1S/C9H15N3S/c10-4-1-2-8-7-3-5-13-6-9(7)12-11-8/h1-6,10H2,(H,11,12). The van der Waals surface area contributed by atoms with E-state index in [-0.39, 0.29) is 0 Å². The van der Waals surface area contributed by atoms with E-state index in [1.165, 1.54) is 29.1 Å². The highest BCUT2D eigenvalue weighted by atomic mass is 32.2. The lowest BCUT2D eigenvalue weighted by atomic mass is 10.1. The number of rotatable bonds is 3. The molecule has 2 rings (SSSR count). The minimum absolute atomic E-state index is 0.760. The molecular formula is C9H15N3S. The van der Waals surface area contributed by atoms with E-state index in [0.29, 0.717) is 0 Å². The molecule has 13 heavy (non-hydrogen) atoms. The highest BCUT2D eigenvalue weighted by Gasteiger charge is 2.15. The molecule has 2 heterocycles. The minimum atomic E-state index is 0.760. The van der Waals surface area contributed by atoms with Gasteiger partial charge in [-0.15, -0.1) is 0 Å². The molecule has 0 bridgehead atoms. The number of hydrogen-bond acceptors (Lipinski definition) is 3. The van der Waals surface area contributed by atoms with Crippen molar-refractivity contribution >= 4 is 11.8 Å². The zero-order valence-corrected chi connectivity index (χ0v) is 8.49. The summed E-state index contributed by atoms with van der Waals surface area (Å²) in [5.41, 5.74) is 9.53. The molecular weight excluding hydrogens is 182 g/mol. The Morgan fingerprint density at radius 2 is 2.46 bits per heavy atom. The van der Waals surface area contributed by atoms with Crippen LogP contribution >= 0.6 is 11.8 Å². The molecule has 4 heteroatoms. The minimum Gasteiger partial charge on any atom is -0.330 e. The Bertz CT molecular complexity index is 282. The van der Waals surface area contributed by atoms with E-state index >= 15 is 0 Å². The second-order valence-corrected chi connectivity index (χ2v) is 4.43. The lowest BCUT2D eigenvalue weighted by Gasteiger charge is -2.10. The first kappa shape index (κ1) is 9.09. The monoisotopic (exact) mass is 197 g/mol. The number of H-pyrrole nitrogens is 1. The fourth-order valence-corrected chi connectivity index (χ4v) is 2.62. The number of hydrogen-bond donors (Lipinski definition) is 2. The van der Waals surface area contributed by atoms with Crippen molar-refractivity contribution in [3.05, 3.63) is 17.0 Å². The van der Waals surface area contributed by atoms with Gasteiger partial charge in [-0.2, -0.15) is 16.9 Å². The Kier molecular flexibility index (Phi) is 2.90. The molecule has 0 spiro atoms. The van der Waals surface area contributed by atoms with Gasteiger partial charge < -0.3 is 5.73 Å². The van der Waals surface area contributed by atoms with Crippen LogP contribution in [0.15, 0.2) is 0 Å². The Morgan fingerprint density at radius 1 is 1.54 bits per heavy atom. The molecule has 0 saturated carbocycles. The average molecular weight is 197 g/mol. The molecule has 0 atom stereocenters. The van der Waals surface area contributed by atoms with Crippen LogP contribution in [-0.4, -0.2) is 22.5 Å². The Hall–Kier alpha value is -0.480. The maximum Gasteiger partial charge on any atom is 0.0658 e. The number of nitrogens with two attached hydrogens (primary N) is 1. The summed E-state index contributed by atoms with van der Waals surface area (Å²) in [6, 6.07) is 0. The first-order valence-corrected chi connectivity index (χ1v) is 5.90. The number of nitrogens with zero attached hydrogens (tertiary/aromatic N) is 1. The predicted molar refractivity (Wildman–Crippen MR) is 55.8 cm³/mol. The summed E-state index contributed by atoms with van der Waals surface area (Å²) in [5.74, 6) is 2.34. The molecule has 72 valence electrons. The molecule has 3 N–H and O–H groups in total. The first-order chi connectivity index (χ1) is 6.42. The van der Waals surface area contributed by atoms with Crippen LogP contribution in [0.3, 0.4) is 0 Å². The van der Waals surface area contributed by atoms with E-state index in [9.17, 15) is 0 Å². The third-order valence-electron chi connectivity index (χ3n) is 2.40. The summed E-state index contributed by atoms with van der Waals surface area (Å²) in [4.78, 5) is 0. The van der Waals surface area contributed by atoms with Crippen LogP contribution < -0.4 is 5.73 Å². The van der Waals surface area contributed by atoms with Crippen LogP contribution in [-0.2, 0) is 18.6 Å². The topological polar surface area (TPSA) is 54.7 Å². The van der Waals surface area contributed by atoms with Crippen LogP contribution in [0.5, 0.6) is 0 Å². The molecule has 0 unspecified atom stereocenters. The summed E-state index contributed by atoms with van der Waals surface area (Å²) >= 11 is 1.98. The van der Waals surface area contributed by atoms with Crippen LogP contribution in [0.1, 0.15) is 23.4 Å². The lowest BCUT2D eigenvalue weighted by molar-refractivity contribution is 0.796. The van der Waals surface area contributed by atoms with E-state index < -0.39 is 0 Å². The molecule has 0 fully saturated rings. The number of aromatic nitrogens is 2. The Labute approximate surface area is 82.5 Å². The van der Waals surface area contributed by atoms with E-state index in [1.807, 2.05) is 11.8 Å². The van der Waals surface area contributed by atoms with E-state index in [0.717, 1.165) is 25.1 Å². The van der Waals surface area contributed by atoms with Gasteiger partial charge in [0.05, 0.1) is 5.69 Å². The van der Waals surface area contributed by atoms with Gasteiger partial charge in [0.15, 0.2) is 0 Å². The van der Waals surface area contributed by atoms with Crippen molar-refractivity contribution in [2.75, 3.05) is 12.3 Å². The SMILES string of the molecule is NCCCc1n[nH]c2c1CCSC2. The van der Waals surface area contributed by atoms with E-state index in [1.54, 1.807) is 0 Å². The maximum atomic E-state index is 5.48. The van der Waals surface area contributed by atoms with E-state index in [4.69, 9.17) is 5.73 Å². The number of fused-ring (bicyclic) bond motifs is 1. The highest BCUT2D eigenvalue weighted by Crippen LogP contribution is 2.25. The molecule has 0 amide bonds. The quantitative estimate of drug-likeness (QED) is 0.762. The van der Waals surface area contributed by atoms with Gasteiger partial charge in [0.1, 0.15) is 0 Å². The van der Waals surface area contributed by atoms with Gasteiger partial charge in [0, 0.05) is 11.4 Å². The predicted octanol–water partition coefficient (Wildman–Crippen LogP) is 1.09. The van der Waals surface area contributed by atoms with Gasteiger partial charge >= 0.3 is 0 Å². The largest absolute Gasteiger partial charge is 0.330 e. The van der Waals surface area contributed by atoms with Gasteiger partial charge in [-0.1, -0.05) is 0 Å². The molecule has 3 nitrogen and oxygen atoms in total. The van der Waals surface area contributed by atoms with Gasteiger partial charge in [-0.05, 0) is 37.1 Å². The van der Waals surface area contributed by atoms with E-state index in [2.05, 4.69) is 10.2 Å². The molecule has 1 aliphatic heterocycles. The zero-order chi connectivity index (χ0) is 9.10. The van der Waals surface area contributed by atoms with Crippen LogP contribution in [0.25, 0.3) is 0 Å². The average Bonchev–Trinajstić information content (AvgIpc) is 2.58. The molecule has 0 aromatic carbocycles. The summed E-state index contributed by atoms with van der Waals surface area (Å²) in [5, 5.41) is 7.46. The van der Waals surface area contributed by atoms with Crippen LogP contribution in [0.2, 0.25) is 0 Å². The number of nitrogens with one attached hydrogen (secondary N) is 1. The number of aromatic amines is 1. The van der Waals surface area contributed by atoms with Gasteiger partial charge in [-0.25, -0.2) is 0 Å². The summed E-state index contributed by atoms with van der Waals surface area (Å²) < 4.78 is 0. The third-order valence-corrected chi connectivity index (χ3v) is 3.38. The highest BCUT2D eigenvalue weighted by molar-refractivity contribution is 7.98. The fourth-order valence-electron chi connectivity index (χ4n) is 1.68. The smallest absolute Gasteiger partial charge is 0.0658 e. The van der Waals surface area contributed by atoms with Crippen molar-refractivity contribution in [3.63, 3.8) is 0 Å². The molecule has 1 aromatic heterocycles. The summed E-state index contributed by atoms with van der Waals surface area (Å²) in [7, 11) is 0. The summed E-state index contributed by atoms with van der Waals surface area (Å²) in [6.07, 6.45) is 3.26. The molecule has 1 aromatic rings. The van der Waals surface area contributed by atoms with Crippen molar-refractivity contribution in [1.29, 1.82) is 0 Å². The first-order valence-electron chi connectivity index (χ1n) is 4.74. The number of aryl methyl sites for hydroxylation is 1. The van der Waals surface area contributed by atoms with Crippen molar-refractivity contribution in [3.8, 4) is 0 Å². The zero-order valence-electron chi connectivity index (χ0n) is 7.68. The Morgan fingerprint density at radius 3 is 3.31 bits per heavy atom. The van der Waals surface area contributed by atoms with Crippen molar-refractivity contribution < 1.29 is 0 Å². The molecule has 1 aliphatic rings. The van der Waals surface area contributed by atoms with Gasteiger partial charge in [0.2, 0.25) is 0 Å². The second kappa shape index (κ2) is 4.15. The van der Waals surface area contributed by atoms with Gasteiger partial charge in [-0.3, -0.25) is 5.10 Å². The van der Waals surface area contributed by atoms with Crippen LogP contribution in [0, 0.1) is 0 Å². The summed E-state index contributed by atoms with van der Waals surface area (Å²) in [6.45, 7) is 0.760. The molecule has 0 radical (unpaired) electrons. The van der Waals surface area contributed by atoms with Crippen molar-refractivity contribution in [2.45, 2.75) is 25.0 Å². The van der Waals surface area contributed by atoms with Crippen LogP contribution in [0.4, 0.5) is 0 Å². The Balaban J connectivity index is 2.12. The van der Waals surface area contributed by atoms with Crippen molar-refractivity contribution in [2.24, 2.45) is 5.73 Å².